The first-order valence-electron chi connectivity index (χ1n) is 12.0. The van der Waals surface area contributed by atoms with Gasteiger partial charge in [0.1, 0.15) is 6.33 Å². The first-order valence-corrected chi connectivity index (χ1v) is 12.0. The Balaban J connectivity index is 0.000000459. The van der Waals surface area contributed by atoms with Crippen LogP contribution in [0.1, 0.15) is 60.7 Å². The van der Waals surface area contributed by atoms with Gasteiger partial charge < -0.3 is 20.2 Å². The Morgan fingerprint density at radius 3 is 2.21 bits per heavy atom. The molecule has 3 fully saturated rings. The third kappa shape index (κ3) is 6.31. The molecule has 3 atom stereocenters. The second-order valence-electron chi connectivity index (χ2n) is 9.28. The van der Waals surface area contributed by atoms with E-state index in [1.165, 1.54) is 38.4 Å². The second kappa shape index (κ2) is 11.3. The molecule has 2 amide bonds. The smallest absolute Gasteiger partial charge is 0.405 e. The summed E-state index contributed by atoms with van der Waals surface area (Å²) in [4.78, 5) is 31.7. The lowest BCUT2D eigenvalue weighted by atomic mass is 10.0. The van der Waals surface area contributed by atoms with Crippen LogP contribution in [0.2, 0.25) is 0 Å². The van der Waals surface area contributed by atoms with Crippen molar-refractivity contribution in [1.29, 1.82) is 0 Å². The third-order valence-electron chi connectivity index (χ3n) is 6.94. The van der Waals surface area contributed by atoms with Crippen LogP contribution in [-0.4, -0.2) is 74.8 Å². The molecule has 2 saturated heterocycles. The molecule has 2 aliphatic heterocycles. The summed E-state index contributed by atoms with van der Waals surface area (Å²) in [5.41, 5.74) is 0.979. The molecule has 9 heteroatoms. The highest BCUT2D eigenvalue weighted by molar-refractivity contribution is 5.90. The van der Waals surface area contributed by atoms with E-state index in [9.17, 15) is 9.59 Å². The number of nitrogens with zero attached hydrogens (tertiary/aromatic N) is 4. The van der Waals surface area contributed by atoms with E-state index in [0.29, 0.717) is 11.8 Å². The molecule has 33 heavy (non-hydrogen) atoms. The van der Waals surface area contributed by atoms with Crippen molar-refractivity contribution >= 4 is 12.0 Å². The van der Waals surface area contributed by atoms with Crippen LogP contribution in [-0.2, 0) is 0 Å². The van der Waals surface area contributed by atoms with Gasteiger partial charge in [-0.1, -0.05) is 62.4 Å². The van der Waals surface area contributed by atoms with Crippen LogP contribution in [0, 0.1) is 11.8 Å². The third-order valence-corrected chi connectivity index (χ3v) is 6.94. The standard InChI is InChI=1S/C19H24N6O3.C5H10/c26-18(17-20-12-21-23-17)25-10-14-8-24(9-15(14)11-25)7-6-16(22-19(27)28)13-4-2-1-3-5-13;1-2-4-5-3-1/h1-5,12,14-16,22H,6-11H2,(H,27,28)(H,20,21,23);1-5H2/t14-,15?,16?;/m0./s1. The van der Waals surface area contributed by atoms with Gasteiger partial charge in [0, 0.05) is 32.7 Å². The van der Waals surface area contributed by atoms with Crippen molar-refractivity contribution in [3.05, 3.63) is 48.0 Å². The molecular formula is C24H34N6O3. The van der Waals surface area contributed by atoms with Crippen molar-refractivity contribution in [2.45, 2.75) is 44.6 Å². The molecule has 178 valence electrons. The maximum absolute atomic E-state index is 12.4. The van der Waals surface area contributed by atoms with Crippen LogP contribution in [0.3, 0.4) is 0 Å². The summed E-state index contributed by atoms with van der Waals surface area (Å²) in [5, 5.41) is 18.2. The number of hydrogen-bond acceptors (Lipinski definition) is 5. The Morgan fingerprint density at radius 1 is 1.03 bits per heavy atom. The van der Waals surface area contributed by atoms with E-state index in [-0.39, 0.29) is 17.8 Å². The van der Waals surface area contributed by atoms with Crippen LogP contribution in [0.15, 0.2) is 36.7 Å². The van der Waals surface area contributed by atoms with Gasteiger partial charge in [0.2, 0.25) is 5.82 Å². The SMILES string of the molecule is C1CCCC1.O=C(O)NC(CCN1CC2CN(C(=O)c3nc[nH]n3)C[C@@H]2C1)c1ccccc1. The summed E-state index contributed by atoms with van der Waals surface area (Å²) in [6.45, 7) is 4.13. The number of carbonyl (C=O) groups excluding carboxylic acids is 1. The van der Waals surface area contributed by atoms with Gasteiger partial charge in [-0.3, -0.25) is 9.89 Å². The first-order chi connectivity index (χ1) is 16.1. The lowest BCUT2D eigenvalue weighted by molar-refractivity contribution is 0.0762. The molecule has 1 aromatic carbocycles. The number of aromatic nitrogens is 3. The van der Waals surface area contributed by atoms with E-state index < -0.39 is 6.09 Å². The fraction of sp³-hybridized carbons (Fsp3) is 0.583. The highest BCUT2D eigenvalue weighted by Crippen LogP contribution is 2.32. The number of hydrogen-bond donors (Lipinski definition) is 3. The maximum atomic E-state index is 12.4. The van der Waals surface area contributed by atoms with Crippen molar-refractivity contribution in [3.8, 4) is 0 Å². The van der Waals surface area contributed by atoms with Gasteiger partial charge in [0.05, 0.1) is 6.04 Å². The lowest BCUT2D eigenvalue weighted by Crippen LogP contribution is -2.35. The first kappa shape index (κ1) is 23.2. The molecule has 3 heterocycles. The zero-order chi connectivity index (χ0) is 23.0. The highest BCUT2D eigenvalue weighted by atomic mass is 16.4. The molecule has 1 saturated carbocycles. The van der Waals surface area contributed by atoms with Gasteiger partial charge in [-0.2, -0.15) is 0 Å². The predicted molar refractivity (Wildman–Crippen MR) is 124 cm³/mol. The topological polar surface area (TPSA) is 114 Å². The molecule has 1 aliphatic carbocycles. The molecule has 1 aromatic heterocycles. The van der Waals surface area contributed by atoms with Gasteiger partial charge >= 0.3 is 6.09 Å². The molecule has 0 bridgehead atoms. The van der Waals surface area contributed by atoms with Gasteiger partial charge in [-0.15, -0.1) is 5.10 Å². The monoisotopic (exact) mass is 454 g/mol. The maximum Gasteiger partial charge on any atom is 0.405 e. The Morgan fingerprint density at radius 2 is 1.67 bits per heavy atom. The molecule has 2 aromatic rings. The number of benzene rings is 1. The van der Waals surface area contributed by atoms with Crippen molar-refractivity contribution in [1.82, 2.24) is 30.3 Å². The molecule has 3 N–H and O–H groups in total. The highest BCUT2D eigenvalue weighted by Gasteiger charge is 2.42. The van der Waals surface area contributed by atoms with Gasteiger partial charge in [-0.05, 0) is 23.8 Å². The number of likely N-dealkylation sites (tertiary alicyclic amines) is 2. The number of amides is 2. The van der Waals surface area contributed by atoms with Crippen LogP contribution < -0.4 is 5.32 Å². The number of fused-ring (bicyclic) bond motifs is 1. The van der Waals surface area contributed by atoms with Crippen LogP contribution in [0.4, 0.5) is 4.79 Å². The fourth-order valence-electron chi connectivity index (χ4n) is 5.24. The van der Waals surface area contributed by atoms with Crippen molar-refractivity contribution < 1.29 is 14.7 Å². The van der Waals surface area contributed by atoms with E-state index in [4.69, 9.17) is 5.11 Å². The largest absolute Gasteiger partial charge is 0.465 e. The van der Waals surface area contributed by atoms with Gasteiger partial charge in [0.15, 0.2) is 0 Å². The number of aromatic amines is 1. The normalized spacial score (nSPS) is 23.0. The van der Waals surface area contributed by atoms with Crippen LogP contribution in [0.25, 0.3) is 0 Å². The molecule has 9 nitrogen and oxygen atoms in total. The summed E-state index contributed by atoms with van der Waals surface area (Å²) in [6.07, 6.45) is 8.63. The van der Waals surface area contributed by atoms with Crippen molar-refractivity contribution in [2.24, 2.45) is 11.8 Å². The van der Waals surface area contributed by atoms with Crippen LogP contribution >= 0.6 is 0 Å². The molecule has 5 rings (SSSR count). The molecule has 3 aliphatic rings. The summed E-state index contributed by atoms with van der Waals surface area (Å²) < 4.78 is 0. The molecule has 2 unspecified atom stereocenters. The Labute approximate surface area is 194 Å². The van der Waals surface area contributed by atoms with E-state index in [2.05, 4.69) is 25.4 Å². The quantitative estimate of drug-likeness (QED) is 0.618. The number of carbonyl (C=O) groups is 2. The summed E-state index contributed by atoms with van der Waals surface area (Å²) in [7, 11) is 0. The minimum Gasteiger partial charge on any atom is -0.465 e. The van der Waals surface area contributed by atoms with Crippen molar-refractivity contribution in [2.75, 3.05) is 32.7 Å². The summed E-state index contributed by atoms with van der Waals surface area (Å²) in [6, 6.07) is 9.45. The summed E-state index contributed by atoms with van der Waals surface area (Å²) in [5.74, 6) is 1.01. The average molecular weight is 455 g/mol. The van der Waals surface area contributed by atoms with E-state index in [1.807, 2.05) is 35.2 Å². The van der Waals surface area contributed by atoms with E-state index in [0.717, 1.165) is 44.7 Å². The molecular weight excluding hydrogens is 420 g/mol. The van der Waals surface area contributed by atoms with Crippen molar-refractivity contribution in [3.63, 3.8) is 0 Å². The second-order valence-corrected chi connectivity index (χ2v) is 9.28. The summed E-state index contributed by atoms with van der Waals surface area (Å²) >= 11 is 0. The number of carboxylic acid groups (broad SMARTS) is 1. The fourth-order valence-corrected chi connectivity index (χ4v) is 5.24. The van der Waals surface area contributed by atoms with E-state index in [1.54, 1.807) is 0 Å². The number of H-pyrrole nitrogens is 1. The zero-order valence-corrected chi connectivity index (χ0v) is 19.0. The van der Waals surface area contributed by atoms with Crippen LogP contribution in [0.5, 0.6) is 0 Å². The number of nitrogens with one attached hydrogen (secondary N) is 2. The zero-order valence-electron chi connectivity index (χ0n) is 19.0. The Kier molecular flexibility index (Phi) is 7.93. The van der Waals surface area contributed by atoms with E-state index >= 15 is 0 Å². The minimum absolute atomic E-state index is 0.114. The van der Waals surface area contributed by atoms with Gasteiger partial charge in [-0.25, -0.2) is 9.78 Å². The molecule has 0 radical (unpaired) electrons. The van der Waals surface area contributed by atoms with Gasteiger partial charge in [0.25, 0.3) is 5.91 Å². The Bertz CT molecular complexity index is 865. The lowest BCUT2D eigenvalue weighted by Gasteiger charge is -2.24. The predicted octanol–water partition coefficient (Wildman–Crippen LogP) is 3.16. The number of rotatable bonds is 6. The average Bonchev–Trinajstić information content (AvgIpc) is 3.61. The molecule has 0 spiro atoms. The Hall–Kier alpha value is -2.94. The minimum atomic E-state index is -1.01.